The van der Waals surface area contributed by atoms with Gasteiger partial charge in [0.15, 0.2) is 0 Å². The fraction of sp³-hybridized carbons (Fsp3) is 0.364. The molecule has 1 aliphatic carbocycles. The average molecular weight is 381 g/mol. The number of carbonyl (C=O) groups is 2. The van der Waals surface area contributed by atoms with Gasteiger partial charge in [-0.15, -0.1) is 11.8 Å². The number of hydrogen-bond donors (Lipinski definition) is 1. The van der Waals surface area contributed by atoms with Crippen molar-refractivity contribution < 1.29 is 9.59 Å². The Bertz CT molecular complexity index is 846. The quantitative estimate of drug-likeness (QED) is 0.807. The van der Waals surface area contributed by atoms with Gasteiger partial charge in [-0.2, -0.15) is 0 Å². The summed E-state index contributed by atoms with van der Waals surface area (Å²) in [5.74, 6) is 0.156. The zero-order chi connectivity index (χ0) is 18.8. The SMILES string of the molecule is CSc1ccc(CNC(=O)[C@H]2c3ccccc3CCN2C(=O)C2CC2)cc1. The molecule has 4 nitrogen and oxygen atoms in total. The normalized spacial score (nSPS) is 18.7. The average Bonchev–Trinajstić information content (AvgIpc) is 3.56. The number of benzene rings is 2. The number of nitrogens with zero attached hydrogens (tertiary/aromatic N) is 1. The van der Waals surface area contributed by atoms with Crippen molar-refractivity contribution in [3.05, 3.63) is 65.2 Å². The topological polar surface area (TPSA) is 49.4 Å². The second kappa shape index (κ2) is 7.77. The van der Waals surface area contributed by atoms with Crippen molar-refractivity contribution in [1.82, 2.24) is 10.2 Å². The highest BCUT2D eigenvalue weighted by molar-refractivity contribution is 7.98. The molecule has 0 unspecified atom stereocenters. The van der Waals surface area contributed by atoms with Gasteiger partial charge in [-0.3, -0.25) is 9.59 Å². The van der Waals surface area contributed by atoms with Gasteiger partial charge in [-0.1, -0.05) is 36.4 Å². The minimum Gasteiger partial charge on any atom is -0.350 e. The van der Waals surface area contributed by atoms with Gasteiger partial charge in [0, 0.05) is 23.9 Å². The van der Waals surface area contributed by atoms with E-state index in [1.807, 2.05) is 36.6 Å². The van der Waals surface area contributed by atoms with Gasteiger partial charge in [0.2, 0.25) is 11.8 Å². The molecule has 1 fully saturated rings. The second-order valence-corrected chi connectivity index (χ2v) is 8.10. The molecule has 0 spiro atoms. The minimum atomic E-state index is -0.520. The molecule has 0 aromatic heterocycles. The molecule has 4 rings (SSSR count). The molecule has 2 aliphatic rings. The van der Waals surface area contributed by atoms with Crippen LogP contribution in [0.5, 0.6) is 0 Å². The van der Waals surface area contributed by atoms with Gasteiger partial charge in [0.25, 0.3) is 0 Å². The number of amides is 2. The number of fused-ring (bicyclic) bond motifs is 1. The highest BCUT2D eigenvalue weighted by atomic mass is 32.2. The van der Waals surface area contributed by atoms with Crippen LogP contribution in [0.15, 0.2) is 53.4 Å². The highest BCUT2D eigenvalue weighted by Crippen LogP contribution is 2.37. The molecule has 2 aromatic rings. The van der Waals surface area contributed by atoms with Crippen molar-refractivity contribution in [3.8, 4) is 0 Å². The third-order valence-electron chi connectivity index (χ3n) is 5.37. The molecule has 27 heavy (non-hydrogen) atoms. The van der Waals surface area contributed by atoms with Crippen molar-refractivity contribution in [3.63, 3.8) is 0 Å². The zero-order valence-electron chi connectivity index (χ0n) is 15.5. The van der Waals surface area contributed by atoms with E-state index < -0.39 is 6.04 Å². The van der Waals surface area contributed by atoms with E-state index in [9.17, 15) is 9.59 Å². The van der Waals surface area contributed by atoms with Crippen LogP contribution >= 0.6 is 11.8 Å². The summed E-state index contributed by atoms with van der Waals surface area (Å²) >= 11 is 1.70. The molecule has 1 atom stereocenters. The van der Waals surface area contributed by atoms with Gasteiger partial charge >= 0.3 is 0 Å². The standard InChI is InChI=1S/C22H24N2O2S/c1-27-18-10-6-15(7-11-18)14-23-21(25)20-19-5-3-2-4-16(19)12-13-24(20)22(26)17-8-9-17/h2-7,10-11,17,20H,8-9,12-14H2,1H3,(H,23,25)/t20-/m1/s1. The lowest BCUT2D eigenvalue weighted by molar-refractivity contribution is -0.142. The third kappa shape index (κ3) is 3.88. The Balaban J connectivity index is 1.53. The lowest BCUT2D eigenvalue weighted by atomic mass is 9.91. The maximum absolute atomic E-state index is 13.1. The number of nitrogens with one attached hydrogen (secondary N) is 1. The monoisotopic (exact) mass is 380 g/mol. The second-order valence-electron chi connectivity index (χ2n) is 7.22. The van der Waals surface area contributed by atoms with E-state index >= 15 is 0 Å². The predicted octanol–water partition coefficient (Wildman–Crippen LogP) is 3.56. The first kappa shape index (κ1) is 18.1. The molecule has 1 heterocycles. The molecular weight excluding hydrogens is 356 g/mol. The van der Waals surface area contributed by atoms with E-state index in [1.165, 1.54) is 10.5 Å². The number of hydrogen-bond acceptors (Lipinski definition) is 3. The van der Waals surface area contributed by atoms with Gasteiger partial charge in [-0.25, -0.2) is 0 Å². The summed E-state index contributed by atoms with van der Waals surface area (Å²) in [5.41, 5.74) is 3.19. The zero-order valence-corrected chi connectivity index (χ0v) is 16.3. The Hall–Kier alpha value is -2.27. The van der Waals surface area contributed by atoms with Crippen LogP contribution in [0.25, 0.3) is 0 Å². The first-order valence-corrected chi connectivity index (χ1v) is 10.7. The van der Waals surface area contributed by atoms with Crippen LogP contribution in [0.2, 0.25) is 0 Å². The Kier molecular flexibility index (Phi) is 5.21. The van der Waals surface area contributed by atoms with Gasteiger partial charge in [-0.05, 0) is 54.3 Å². The number of carbonyl (C=O) groups excluding carboxylic acids is 2. The van der Waals surface area contributed by atoms with Crippen LogP contribution in [-0.4, -0.2) is 29.5 Å². The Labute approximate surface area is 164 Å². The molecule has 140 valence electrons. The Morgan fingerprint density at radius 3 is 2.56 bits per heavy atom. The molecular formula is C22H24N2O2S. The van der Waals surface area contributed by atoms with Crippen molar-refractivity contribution >= 4 is 23.6 Å². The lowest BCUT2D eigenvalue weighted by Crippen LogP contribution is -2.47. The summed E-state index contributed by atoms with van der Waals surface area (Å²) in [5, 5.41) is 3.05. The van der Waals surface area contributed by atoms with Crippen LogP contribution in [0, 0.1) is 5.92 Å². The molecule has 1 aliphatic heterocycles. The van der Waals surface area contributed by atoms with Gasteiger partial charge < -0.3 is 10.2 Å². The van der Waals surface area contributed by atoms with E-state index in [2.05, 4.69) is 23.5 Å². The van der Waals surface area contributed by atoms with E-state index in [0.29, 0.717) is 13.1 Å². The minimum absolute atomic E-state index is 0.0925. The molecule has 0 radical (unpaired) electrons. The molecule has 5 heteroatoms. The van der Waals surface area contributed by atoms with Crippen molar-refractivity contribution in [2.45, 2.75) is 36.7 Å². The number of rotatable bonds is 5. The van der Waals surface area contributed by atoms with Gasteiger partial charge in [0.05, 0.1) is 0 Å². The lowest BCUT2D eigenvalue weighted by Gasteiger charge is -2.36. The fourth-order valence-electron chi connectivity index (χ4n) is 3.68. The highest BCUT2D eigenvalue weighted by Gasteiger charge is 2.41. The predicted molar refractivity (Wildman–Crippen MR) is 107 cm³/mol. The first-order valence-electron chi connectivity index (χ1n) is 9.46. The molecule has 2 amide bonds. The molecule has 0 saturated heterocycles. The summed E-state index contributed by atoms with van der Waals surface area (Å²) in [6, 6.07) is 15.7. The van der Waals surface area contributed by atoms with Crippen molar-refractivity contribution in [2.75, 3.05) is 12.8 Å². The van der Waals surface area contributed by atoms with E-state index in [0.717, 1.165) is 30.4 Å². The smallest absolute Gasteiger partial charge is 0.247 e. The van der Waals surface area contributed by atoms with E-state index in [-0.39, 0.29) is 17.7 Å². The molecule has 2 aromatic carbocycles. The summed E-state index contributed by atoms with van der Waals surface area (Å²) in [6.45, 7) is 1.09. The van der Waals surface area contributed by atoms with E-state index in [4.69, 9.17) is 0 Å². The molecule has 1 saturated carbocycles. The van der Waals surface area contributed by atoms with E-state index in [1.54, 1.807) is 16.7 Å². The fourth-order valence-corrected chi connectivity index (χ4v) is 4.09. The Morgan fingerprint density at radius 2 is 1.85 bits per heavy atom. The van der Waals surface area contributed by atoms with Gasteiger partial charge in [0.1, 0.15) is 6.04 Å². The first-order chi connectivity index (χ1) is 13.2. The van der Waals surface area contributed by atoms with Crippen LogP contribution in [0.4, 0.5) is 0 Å². The molecule has 1 N–H and O–H groups in total. The summed E-state index contributed by atoms with van der Waals surface area (Å²) in [4.78, 5) is 28.9. The van der Waals surface area contributed by atoms with Crippen LogP contribution < -0.4 is 5.32 Å². The summed E-state index contributed by atoms with van der Waals surface area (Å²) < 4.78 is 0. The maximum Gasteiger partial charge on any atom is 0.247 e. The largest absolute Gasteiger partial charge is 0.350 e. The van der Waals surface area contributed by atoms with Crippen LogP contribution in [0.3, 0.4) is 0 Å². The third-order valence-corrected chi connectivity index (χ3v) is 6.11. The Morgan fingerprint density at radius 1 is 1.11 bits per heavy atom. The summed E-state index contributed by atoms with van der Waals surface area (Å²) in [7, 11) is 0. The molecule has 0 bridgehead atoms. The van der Waals surface area contributed by atoms with Crippen molar-refractivity contribution in [2.24, 2.45) is 5.92 Å². The van der Waals surface area contributed by atoms with Crippen LogP contribution in [0.1, 0.15) is 35.6 Å². The number of thioether (sulfide) groups is 1. The maximum atomic E-state index is 13.1. The summed E-state index contributed by atoms with van der Waals surface area (Å²) in [6.07, 6.45) is 4.76. The van der Waals surface area contributed by atoms with Crippen molar-refractivity contribution in [1.29, 1.82) is 0 Å². The van der Waals surface area contributed by atoms with Crippen LogP contribution in [-0.2, 0) is 22.6 Å².